The lowest BCUT2D eigenvalue weighted by atomic mass is 9.97. The van der Waals surface area contributed by atoms with E-state index < -0.39 is 0 Å². The minimum Gasteiger partial charge on any atom is -0.355 e. The van der Waals surface area contributed by atoms with Gasteiger partial charge in [0.2, 0.25) is 22.1 Å². The molecule has 0 aromatic carbocycles. The van der Waals surface area contributed by atoms with Crippen molar-refractivity contribution in [1.82, 2.24) is 20.4 Å². The Morgan fingerprint density at radius 2 is 2.12 bits per heavy atom. The van der Waals surface area contributed by atoms with Gasteiger partial charge in [0.1, 0.15) is 0 Å². The smallest absolute Gasteiger partial charge is 0.228 e. The van der Waals surface area contributed by atoms with E-state index in [0.29, 0.717) is 24.6 Å². The molecule has 1 atom stereocenters. The Bertz CT molecular complexity index is 903. The van der Waals surface area contributed by atoms with E-state index in [1.54, 1.807) is 16.2 Å². The van der Waals surface area contributed by atoms with Gasteiger partial charge in [0.05, 0.1) is 5.92 Å². The number of anilines is 2. The van der Waals surface area contributed by atoms with Crippen LogP contribution in [0.2, 0.25) is 0 Å². The molecule has 0 unspecified atom stereocenters. The fourth-order valence-corrected chi connectivity index (χ4v) is 6.09. The summed E-state index contributed by atoms with van der Waals surface area (Å²) in [7, 11) is 0. The lowest BCUT2D eigenvalue weighted by Crippen LogP contribution is -2.44. The zero-order chi connectivity index (χ0) is 23.0. The van der Waals surface area contributed by atoms with Crippen LogP contribution in [0.25, 0.3) is 0 Å². The minimum atomic E-state index is -0.0408. The van der Waals surface area contributed by atoms with E-state index >= 15 is 0 Å². The highest BCUT2D eigenvalue weighted by molar-refractivity contribution is 7.19. The molecule has 2 aromatic rings. The van der Waals surface area contributed by atoms with Gasteiger partial charge in [-0.15, -0.1) is 21.5 Å². The Balaban J connectivity index is 1.26. The van der Waals surface area contributed by atoms with Gasteiger partial charge in [0, 0.05) is 50.6 Å². The van der Waals surface area contributed by atoms with E-state index in [1.807, 2.05) is 0 Å². The number of aromatic nitrogens is 2. The standard InChI is InChI=1S/C23H34N6O2S2/c1-2-3-11-27(17-19-8-6-15-32-19)14-10-24-21(31)18-7-4-12-28(16-18)22-25-26-23(33-22)29-13-5-9-20(29)30/h6,8,15,18H,2-5,7,9-14,16-17H2,1H3,(H,24,31)/t18-/m1/s1. The molecule has 2 fully saturated rings. The molecule has 10 heteroatoms. The predicted molar refractivity (Wildman–Crippen MR) is 134 cm³/mol. The predicted octanol–water partition coefficient (Wildman–Crippen LogP) is 3.36. The van der Waals surface area contributed by atoms with Crippen LogP contribution in [0.3, 0.4) is 0 Å². The van der Waals surface area contributed by atoms with E-state index in [9.17, 15) is 9.59 Å². The van der Waals surface area contributed by atoms with Crippen molar-refractivity contribution in [1.29, 1.82) is 0 Å². The number of nitrogens with zero attached hydrogens (tertiary/aromatic N) is 5. The maximum atomic E-state index is 12.9. The first-order valence-corrected chi connectivity index (χ1v) is 13.7. The second kappa shape index (κ2) is 11.9. The molecule has 0 radical (unpaired) electrons. The average molecular weight is 491 g/mol. The molecular weight excluding hydrogens is 456 g/mol. The van der Waals surface area contributed by atoms with Crippen LogP contribution in [0.15, 0.2) is 17.5 Å². The van der Waals surface area contributed by atoms with Crippen molar-refractivity contribution in [2.75, 3.05) is 49.1 Å². The molecule has 2 amide bonds. The molecule has 33 heavy (non-hydrogen) atoms. The van der Waals surface area contributed by atoms with Crippen molar-refractivity contribution >= 4 is 44.8 Å². The molecule has 1 N–H and O–H groups in total. The number of thiophene rings is 1. The second-order valence-corrected chi connectivity index (χ2v) is 10.8. The van der Waals surface area contributed by atoms with E-state index in [4.69, 9.17) is 0 Å². The van der Waals surface area contributed by atoms with Crippen molar-refractivity contribution < 1.29 is 9.59 Å². The van der Waals surface area contributed by atoms with Crippen molar-refractivity contribution in [2.45, 2.75) is 52.0 Å². The van der Waals surface area contributed by atoms with Gasteiger partial charge < -0.3 is 10.2 Å². The van der Waals surface area contributed by atoms with Crippen LogP contribution in [0.4, 0.5) is 10.3 Å². The third kappa shape index (κ3) is 6.51. The third-order valence-electron chi connectivity index (χ3n) is 6.29. The van der Waals surface area contributed by atoms with Crippen molar-refractivity contribution in [3.8, 4) is 0 Å². The van der Waals surface area contributed by atoms with Crippen LogP contribution in [0, 0.1) is 5.92 Å². The van der Waals surface area contributed by atoms with Crippen LogP contribution < -0.4 is 15.1 Å². The Kier molecular flexibility index (Phi) is 8.69. The number of carbonyl (C=O) groups excluding carboxylic acids is 2. The summed E-state index contributed by atoms with van der Waals surface area (Å²) >= 11 is 3.25. The number of carbonyl (C=O) groups is 2. The Morgan fingerprint density at radius 3 is 2.88 bits per heavy atom. The topological polar surface area (TPSA) is 81.7 Å². The summed E-state index contributed by atoms with van der Waals surface area (Å²) in [6, 6.07) is 4.27. The zero-order valence-corrected chi connectivity index (χ0v) is 21.0. The molecule has 2 aromatic heterocycles. The van der Waals surface area contributed by atoms with Crippen molar-refractivity contribution in [3.63, 3.8) is 0 Å². The molecule has 8 nitrogen and oxygen atoms in total. The molecule has 4 rings (SSSR count). The van der Waals surface area contributed by atoms with Gasteiger partial charge in [-0.25, -0.2) is 0 Å². The second-order valence-electron chi connectivity index (χ2n) is 8.80. The van der Waals surface area contributed by atoms with Crippen molar-refractivity contribution in [2.24, 2.45) is 5.92 Å². The first-order valence-electron chi connectivity index (χ1n) is 12.1. The van der Waals surface area contributed by atoms with Crippen LogP contribution in [-0.2, 0) is 16.1 Å². The maximum Gasteiger partial charge on any atom is 0.228 e. The number of hydrogen-bond donors (Lipinski definition) is 1. The first kappa shape index (κ1) is 24.1. The van der Waals surface area contributed by atoms with Crippen LogP contribution >= 0.6 is 22.7 Å². The van der Waals surface area contributed by atoms with Gasteiger partial charge in [-0.2, -0.15) is 0 Å². The highest BCUT2D eigenvalue weighted by Crippen LogP contribution is 2.32. The Hall–Kier alpha value is -2.04. The Labute approximate surface area is 204 Å². The van der Waals surface area contributed by atoms with Crippen molar-refractivity contribution in [3.05, 3.63) is 22.4 Å². The number of hydrogen-bond acceptors (Lipinski definition) is 8. The van der Waals surface area contributed by atoms with E-state index in [2.05, 4.69) is 49.8 Å². The molecule has 0 spiro atoms. The fourth-order valence-electron chi connectivity index (χ4n) is 4.42. The number of amides is 2. The molecule has 0 bridgehead atoms. The summed E-state index contributed by atoms with van der Waals surface area (Å²) in [4.78, 5) is 32.6. The normalized spacial score (nSPS) is 19.0. The largest absolute Gasteiger partial charge is 0.355 e. The van der Waals surface area contributed by atoms with E-state index in [1.165, 1.54) is 29.1 Å². The highest BCUT2D eigenvalue weighted by Gasteiger charge is 2.30. The Morgan fingerprint density at radius 1 is 1.24 bits per heavy atom. The lowest BCUT2D eigenvalue weighted by molar-refractivity contribution is -0.125. The molecular formula is C23H34N6O2S2. The summed E-state index contributed by atoms with van der Waals surface area (Å²) < 4.78 is 0. The molecule has 2 aliphatic heterocycles. The monoisotopic (exact) mass is 490 g/mol. The molecule has 0 saturated carbocycles. The summed E-state index contributed by atoms with van der Waals surface area (Å²) in [5.41, 5.74) is 0. The lowest BCUT2D eigenvalue weighted by Gasteiger charge is -2.31. The summed E-state index contributed by atoms with van der Waals surface area (Å²) in [5, 5.41) is 15.4. The third-order valence-corrected chi connectivity index (χ3v) is 8.15. The average Bonchev–Trinajstić information content (AvgIpc) is 3.59. The van der Waals surface area contributed by atoms with Gasteiger partial charge in [-0.1, -0.05) is 30.7 Å². The van der Waals surface area contributed by atoms with E-state index in [0.717, 1.165) is 57.1 Å². The fraction of sp³-hybridized carbons (Fsp3) is 0.652. The molecule has 0 aliphatic carbocycles. The van der Waals surface area contributed by atoms with Gasteiger partial charge in [0.15, 0.2) is 0 Å². The van der Waals surface area contributed by atoms with Crippen LogP contribution in [0.1, 0.15) is 50.3 Å². The summed E-state index contributed by atoms with van der Waals surface area (Å²) in [5.74, 6) is 0.215. The highest BCUT2D eigenvalue weighted by atomic mass is 32.1. The maximum absolute atomic E-state index is 12.9. The van der Waals surface area contributed by atoms with Gasteiger partial charge in [0.25, 0.3) is 0 Å². The number of piperidine rings is 1. The summed E-state index contributed by atoms with van der Waals surface area (Å²) in [6.07, 6.45) is 5.66. The van der Waals surface area contributed by atoms with Crippen LogP contribution in [0.5, 0.6) is 0 Å². The quantitative estimate of drug-likeness (QED) is 0.520. The van der Waals surface area contributed by atoms with Gasteiger partial charge >= 0.3 is 0 Å². The molecule has 180 valence electrons. The van der Waals surface area contributed by atoms with E-state index in [-0.39, 0.29) is 17.7 Å². The van der Waals surface area contributed by atoms with Crippen LogP contribution in [-0.4, -0.2) is 66.2 Å². The van der Waals surface area contributed by atoms with Gasteiger partial charge in [-0.05, 0) is 43.7 Å². The molecule has 2 saturated heterocycles. The number of unbranched alkanes of at least 4 members (excludes halogenated alkanes) is 1. The zero-order valence-electron chi connectivity index (χ0n) is 19.4. The SMILES string of the molecule is CCCCN(CCNC(=O)[C@@H]1CCCN(c2nnc(N3CCCC3=O)s2)C1)Cc1cccs1. The first-order chi connectivity index (χ1) is 16.1. The van der Waals surface area contributed by atoms with Gasteiger partial charge in [-0.3, -0.25) is 19.4 Å². The number of nitrogens with one attached hydrogen (secondary N) is 1. The molecule has 2 aliphatic rings. The number of rotatable bonds is 11. The minimum absolute atomic E-state index is 0.0408. The summed E-state index contributed by atoms with van der Waals surface area (Å²) in [6.45, 7) is 8.00. The molecule has 4 heterocycles.